The van der Waals surface area contributed by atoms with E-state index >= 15 is 0 Å². The minimum absolute atomic E-state index is 0.126. The predicted molar refractivity (Wildman–Crippen MR) is 114 cm³/mol. The van der Waals surface area contributed by atoms with Gasteiger partial charge in [0.2, 0.25) is 5.91 Å². The van der Waals surface area contributed by atoms with Gasteiger partial charge in [-0.2, -0.15) is 0 Å². The number of carbonyl (C=O) groups excluding carboxylic acids is 1. The summed E-state index contributed by atoms with van der Waals surface area (Å²) >= 11 is 0. The van der Waals surface area contributed by atoms with E-state index in [1.165, 1.54) is 0 Å². The Kier molecular flexibility index (Phi) is 5.51. The fourth-order valence-corrected chi connectivity index (χ4v) is 3.75. The Bertz CT molecular complexity index is 976. The van der Waals surface area contributed by atoms with Crippen molar-refractivity contribution in [3.05, 3.63) is 66.5 Å². The lowest BCUT2D eigenvalue weighted by atomic mass is 10.1. The molecule has 0 atom stereocenters. The molecule has 0 radical (unpaired) electrons. The second-order valence-electron chi connectivity index (χ2n) is 7.27. The maximum Gasteiger partial charge on any atom is 0.242 e. The Morgan fingerprint density at radius 3 is 2.55 bits per heavy atom. The number of rotatable bonds is 5. The summed E-state index contributed by atoms with van der Waals surface area (Å²) in [6.07, 6.45) is 3.62. The van der Waals surface area contributed by atoms with Crippen LogP contribution in [0.4, 0.5) is 5.69 Å². The number of amides is 1. The number of hydrogen-bond donors (Lipinski definition) is 0. The van der Waals surface area contributed by atoms with E-state index in [0.717, 1.165) is 41.5 Å². The van der Waals surface area contributed by atoms with E-state index in [4.69, 9.17) is 4.74 Å². The molecule has 0 spiro atoms. The van der Waals surface area contributed by atoms with E-state index in [2.05, 4.69) is 28.1 Å². The van der Waals surface area contributed by atoms with Crippen molar-refractivity contribution in [3.63, 3.8) is 0 Å². The highest BCUT2D eigenvalue weighted by atomic mass is 16.5. The first-order chi connectivity index (χ1) is 14.2. The van der Waals surface area contributed by atoms with Crippen LogP contribution in [-0.4, -0.2) is 53.6 Å². The number of hydrogen-bond acceptors (Lipinski definition) is 4. The van der Waals surface area contributed by atoms with Gasteiger partial charge in [-0.1, -0.05) is 36.4 Å². The topological polar surface area (TPSA) is 50.6 Å². The number of aromatic nitrogens is 2. The minimum atomic E-state index is 0.126. The molecule has 1 amide bonds. The molecule has 0 bridgehead atoms. The van der Waals surface area contributed by atoms with Gasteiger partial charge in [-0.05, 0) is 18.6 Å². The van der Waals surface area contributed by atoms with Crippen LogP contribution in [0.3, 0.4) is 0 Å². The molecule has 0 saturated carbocycles. The van der Waals surface area contributed by atoms with Crippen molar-refractivity contribution in [2.24, 2.45) is 0 Å². The highest BCUT2D eigenvalue weighted by molar-refractivity contribution is 5.77. The van der Waals surface area contributed by atoms with Gasteiger partial charge in [0, 0.05) is 55.9 Å². The molecule has 1 aromatic heterocycles. The van der Waals surface area contributed by atoms with Crippen LogP contribution in [0.1, 0.15) is 5.56 Å². The summed E-state index contributed by atoms with van der Waals surface area (Å²) in [5, 5.41) is 0. The van der Waals surface area contributed by atoms with Crippen LogP contribution in [-0.2, 0) is 11.3 Å². The van der Waals surface area contributed by atoms with Crippen LogP contribution in [0, 0.1) is 6.92 Å². The fraction of sp³-hybridized carbons (Fsp3) is 0.304. The quantitative estimate of drug-likeness (QED) is 0.671. The van der Waals surface area contributed by atoms with Crippen molar-refractivity contribution in [1.82, 2.24) is 14.5 Å². The maximum atomic E-state index is 12.9. The van der Waals surface area contributed by atoms with E-state index < -0.39 is 0 Å². The minimum Gasteiger partial charge on any atom is -0.496 e. The number of nitrogens with zero attached hydrogens (tertiary/aromatic N) is 4. The maximum absolute atomic E-state index is 12.9. The fourth-order valence-electron chi connectivity index (χ4n) is 3.75. The Morgan fingerprint density at radius 2 is 1.83 bits per heavy atom. The standard InChI is InChI=1S/C23H26N4O2/c1-18-8-9-20(16-21(18)29-2)25-12-14-26(15-13-25)22(28)17-27-11-10-24-23(27)19-6-4-3-5-7-19/h3-11,16H,12-15,17H2,1-2H3. The second kappa shape index (κ2) is 8.39. The normalized spacial score (nSPS) is 14.1. The average Bonchev–Trinajstić information content (AvgIpc) is 3.23. The Balaban J connectivity index is 1.39. The lowest BCUT2D eigenvalue weighted by Crippen LogP contribution is -2.49. The van der Waals surface area contributed by atoms with Gasteiger partial charge < -0.3 is 19.1 Å². The summed E-state index contributed by atoms with van der Waals surface area (Å²) in [4.78, 5) is 21.6. The highest BCUT2D eigenvalue weighted by Crippen LogP contribution is 2.26. The van der Waals surface area contributed by atoms with Crippen LogP contribution in [0.5, 0.6) is 5.75 Å². The van der Waals surface area contributed by atoms with E-state index in [1.807, 2.05) is 52.9 Å². The van der Waals surface area contributed by atoms with Crippen molar-refractivity contribution in [3.8, 4) is 17.1 Å². The smallest absolute Gasteiger partial charge is 0.242 e. The molecule has 2 aromatic carbocycles. The molecule has 1 fully saturated rings. The number of carbonyl (C=O) groups is 1. The van der Waals surface area contributed by atoms with Gasteiger partial charge in [-0.25, -0.2) is 4.98 Å². The molecule has 1 aliphatic rings. The first-order valence-corrected chi connectivity index (χ1v) is 9.89. The van der Waals surface area contributed by atoms with Crippen LogP contribution >= 0.6 is 0 Å². The van der Waals surface area contributed by atoms with E-state index in [0.29, 0.717) is 19.6 Å². The van der Waals surface area contributed by atoms with Crippen molar-refractivity contribution >= 4 is 11.6 Å². The van der Waals surface area contributed by atoms with Crippen LogP contribution < -0.4 is 9.64 Å². The summed E-state index contributed by atoms with van der Waals surface area (Å²) < 4.78 is 7.37. The summed E-state index contributed by atoms with van der Waals surface area (Å²) in [6, 6.07) is 16.2. The van der Waals surface area contributed by atoms with Gasteiger partial charge >= 0.3 is 0 Å². The van der Waals surface area contributed by atoms with Crippen molar-refractivity contribution in [1.29, 1.82) is 0 Å². The molecule has 0 aliphatic carbocycles. The Labute approximate surface area is 171 Å². The van der Waals surface area contributed by atoms with E-state index in [9.17, 15) is 4.79 Å². The van der Waals surface area contributed by atoms with Crippen LogP contribution in [0.2, 0.25) is 0 Å². The number of ether oxygens (including phenoxy) is 1. The lowest BCUT2D eigenvalue weighted by Gasteiger charge is -2.36. The number of aryl methyl sites for hydroxylation is 1. The molecule has 6 heteroatoms. The van der Waals surface area contributed by atoms with Gasteiger partial charge in [-0.15, -0.1) is 0 Å². The first kappa shape index (κ1) is 19.1. The number of piperazine rings is 1. The lowest BCUT2D eigenvalue weighted by molar-refractivity contribution is -0.132. The molecule has 1 saturated heterocycles. The molecular weight excluding hydrogens is 364 g/mol. The van der Waals surface area contributed by atoms with Crippen LogP contribution in [0.25, 0.3) is 11.4 Å². The summed E-state index contributed by atoms with van der Waals surface area (Å²) in [6.45, 7) is 5.40. The monoisotopic (exact) mass is 390 g/mol. The highest BCUT2D eigenvalue weighted by Gasteiger charge is 2.22. The Morgan fingerprint density at radius 1 is 1.07 bits per heavy atom. The third-order valence-electron chi connectivity index (χ3n) is 5.44. The zero-order chi connectivity index (χ0) is 20.2. The third kappa shape index (κ3) is 4.11. The van der Waals surface area contributed by atoms with Gasteiger partial charge in [0.05, 0.1) is 7.11 Å². The van der Waals surface area contributed by atoms with Gasteiger partial charge in [-0.3, -0.25) is 4.79 Å². The Hall–Kier alpha value is -3.28. The molecular formula is C23H26N4O2. The van der Waals surface area contributed by atoms with Crippen LogP contribution in [0.15, 0.2) is 60.9 Å². The van der Waals surface area contributed by atoms with Crippen molar-refractivity contribution in [2.75, 3.05) is 38.2 Å². The number of benzene rings is 2. The second-order valence-corrected chi connectivity index (χ2v) is 7.27. The SMILES string of the molecule is COc1cc(N2CCN(C(=O)Cn3ccnc3-c3ccccc3)CC2)ccc1C. The van der Waals surface area contributed by atoms with E-state index in [-0.39, 0.29) is 5.91 Å². The number of methoxy groups -OCH3 is 1. The van der Waals surface area contributed by atoms with Gasteiger partial charge in [0.25, 0.3) is 0 Å². The summed E-state index contributed by atoms with van der Waals surface area (Å²) in [5.41, 5.74) is 3.28. The zero-order valence-corrected chi connectivity index (χ0v) is 16.9. The number of anilines is 1. The molecule has 29 heavy (non-hydrogen) atoms. The van der Waals surface area contributed by atoms with Gasteiger partial charge in [0.1, 0.15) is 18.1 Å². The van der Waals surface area contributed by atoms with Crippen molar-refractivity contribution in [2.45, 2.75) is 13.5 Å². The third-order valence-corrected chi connectivity index (χ3v) is 5.44. The van der Waals surface area contributed by atoms with Gasteiger partial charge in [0.15, 0.2) is 0 Å². The van der Waals surface area contributed by atoms with Crippen molar-refractivity contribution < 1.29 is 9.53 Å². The molecule has 0 N–H and O–H groups in total. The largest absolute Gasteiger partial charge is 0.496 e. The molecule has 1 aliphatic heterocycles. The molecule has 3 aromatic rings. The molecule has 6 nitrogen and oxygen atoms in total. The molecule has 0 unspecified atom stereocenters. The molecule has 150 valence electrons. The predicted octanol–water partition coefficient (Wildman–Crippen LogP) is 3.22. The summed E-state index contributed by atoms with van der Waals surface area (Å²) in [5.74, 6) is 1.85. The summed E-state index contributed by atoms with van der Waals surface area (Å²) in [7, 11) is 1.70. The average molecular weight is 390 g/mol. The first-order valence-electron chi connectivity index (χ1n) is 9.89. The number of imidazole rings is 1. The van der Waals surface area contributed by atoms with E-state index in [1.54, 1.807) is 13.3 Å². The molecule has 4 rings (SSSR count). The molecule has 2 heterocycles. The zero-order valence-electron chi connectivity index (χ0n) is 16.9.